The van der Waals surface area contributed by atoms with Crippen LogP contribution in [0.25, 0.3) is 11.2 Å². The summed E-state index contributed by atoms with van der Waals surface area (Å²) in [5.41, 5.74) is 0.274. The molecule has 0 unspecified atom stereocenters. The van der Waals surface area contributed by atoms with Gasteiger partial charge in [-0.1, -0.05) is 6.07 Å². The van der Waals surface area contributed by atoms with Crippen LogP contribution in [0.4, 0.5) is 30.6 Å². The maximum atomic E-state index is 12.8. The predicted molar refractivity (Wildman–Crippen MR) is 82.0 cm³/mol. The Morgan fingerprint density at radius 2 is 2.04 bits per heavy atom. The Kier molecular flexibility index (Phi) is 4.21. The number of H-pyrrole nitrogens is 1. The zero-order valence-electron chi connectivity index (χ0n) is 12.2. The van der Waals surface area contributed by atoms with Gasteiger partial charge in [-0.15, -0.1) is 0 Å². The van der Waals surface area contributed by atoms with E-state index in [0.717, 1.165) is 12.1 Å². The summed E-state index contributed by atoms with van der Waals surface area (Å²) in [6.07, 6.45) is -3.02. The van der Waals surface area contributed by atoms with E-state index in [0.29, 0.717) is 11.2 Å². The average molecular weight is 338 g/mol. The number of aliphatic hydroxyl groups is 1. The van der Waals surface area contributed by atoms with Crippen molar-refractivity contribution in [1.29, 1.82) is 0 Å². The molecule has 0 radical (unpaired) electrons. The minimum atomic E-state index is -4.43. The summed E-state index contributed by atoms with van der Waals surface area (Å²) in [4.78, 5) is 15.2. The summed E-state index contributed by atoms with van der Waals surface area (Å²) in [6, 6.07) is 4.79. The molecule has 0 saturated carbocycles. The highest BCUT2D eigenvalue weighted by Crippen LogP contribution is 2.32. The lowest BCUT2D eigenvalue weighted by Gasteiger charge is -2.11. The van der Waals surface area contributed by atoms with Crippen LogP contribution in [0.1, 0.15) is 5.56 Å². The number of alkyl halides is 3. The average Bonchev–Trinajstić information content (AvgIpc) is 3.01. The van der Waals surface area contributed by atoms with Crippen LogP contribution in [-0.2, 0) is 6.18 Å². The minimum Gasteiger partial charge on any atom is -0.395 e. The number of aliphatic hydroxyl groups excluding tert-OH is 1. The van der Waals surface area contributed by atoms with Gasteiger partial charge in [0.1, 0.15) is 5.52 Å². The molecule has 0 aliphatic heterocycles. The molecule has 10 heteroatoms. The van der Waals surface area contributed by atoms with Gasteiger partial charge in [-0.2, -0.15) is 23.1 Å². The van der Waals surface area contributed by atoms with Crippen LogP contribution in [0.5, 0.6) is 0 Å². The first-order chi connectivity index (χ1) is 11.5. The molecule has 4 N–H and O–H groups in total. The number of nitrogens with zero attached hydrogens (tertiary/aromatic N) is 3. The van der Waals surface area contributed by atoms with Gasteiger partial charge in [0.25, 0.3) is 0 Å². The van der Waals surface area contributed by atoms with E-state index < -0.39 is 11.7 Å². The number of imidazole rings is 1. The summed E-state index contributed by atoms with van der Waals surface area (Å²) >= 11 is 0. The highest BCUT2D eigenvalue weighted by atomic mass is 19.4. The molecular formula is C14H13F3N6O. The predicted octanol–water partition coefficient (Wildman–Crippen LogP) is 2.52. The third-order valence-electron chi connectivity index (χ3n) is 3.13. The number of aromatic nitrogens is 4. The van der Waals surface area contributed by atoms with Gasteiger partial charge in [-0.25, -0.2) is 4.98 Å². The SMILES string of the molecule is OCCNc1nc(Nc2cccc(C(F)(F)F)c2)c2[nH]cnc2n1. The van der Waals surface area contributed by atoms with E-state index in [4.69, 9.17) is 5.11 Å². The van der Waals surface area contributed by atoms with E-state index in [1.165, 1.54) is 18.5 Å². The van der Waals surface area contributed by atoms with Gasteiger partial charge in [0.05, 0.1) is 18.5 Å². The van der Waals surface area contributed by atoms with Crippen molar-refractivity contribution in [2.75, 3.05) is 23.8 Å². The molecule has 0 spiro atoms. The van der Waals surface area contributed by atoms with Crippen LogP contribution in [-0.4, -0.2) is 38.2 Å². The molecule has 0 fully saturated rings. The second-order valence-corrected chi connectivity index (χ2v) is 4.85. The molecule has 3 rings (SSSR count). The van der Waals surface area contributed by atoms with Gasteiger partial charge in [-0.3, -0.25) is 0 Å². The molecule has 0 aliphatic carbocycles. The number of rotatable bonds is 5. The third-order valence-corrected chi connectivity index (χ3v) is 3.13. The molecule has 0 saturated heterocycles. The molecule has 2 aromatic heterocycles. The van der Waals surface area contributed by atoms with Crippen LogP contribution < -0.4 is 10.6 Å². The van der Waals surface area contributed by atoms with E-state index >= 15 is 0 Å². The van der Waals surface area contributed by atoms with Crippen LogP contribution in [0.2, 0.25) is 0 Å². The fourth-order valence-electron chi connectivity index (χ4n) is 2.08. The topological polar surface area (TPSA) is 98.8 Å². The smallest absolute Gasteiger partial charge is 0.395 e. The van der Waals surface area contributed by atoms with E-state index in [2.05, 4.69) is 30.6 Å². The summed E-state index contributed by atoms with van der Waals surface area (Å²) in [7, 11) is 0. The fourth-order valence-corrected chi connectivity index (χ4v) is 2.08. The number of fused-ring (bicyclic) bond motifs is 1. The largest absolute Gasteiger partial charge is 0.416 e. The molecule has 7 nitrogen and oxygen atoms in total. The van der Waals surface area contributed by atoms with E-state index in [1.54, 1.807) is 0 Å². The molecule has 0 bridgehead atoms. The van der Waals surface area contributed by atoms with Crippen LogP contribution in [0, 0.1) is 0 Å². The van der Waals surface area contributed by atoms with Crippen molar-refractivity contribution in [2.45, 2.75) is 6.18 Å². The summed E-state index contributed by atoms with van der Waals surface area (Å²) in [6.45, 7) is 0.122. The van der Waals surface area contributed by atoms with Crippen molar-refractivity contribution in [3.63, 3.8) is 0 Å². The van der Waals surface area contributed by atoms with Gasteiger partial charge in [0.15, 0.2) is 11.5 Å². The third kappa shape index (κ3) is 3.38. The quantitative estimate of drug-likeness (QED) is 0.571. The van der Waals surface area contributed by atoms with Crippen molar-refractivity contribution < 1.29 is 18.3 Å². The Bertz CT molecular complexity index is 848. The molecule has 126 valence electrons. The zero-order chi connectivity index (χ0) is 17.2. The number of halogens is 3. The van der Waals surface area contributed by atoms with Crippen molar-refractivity contribution in [3.05, 3.63) is 36.2 Å². The number of aromatic amines is 1. The van der Waals surface area contributed by atoms with Crippen LogP contribution in [0.15, 0.2) is 30.6 Å². The lowest BCUT2D eigenvalue weighted by Crippen LogP contribution is -2.10. The zero-order valence-corrected chi connectivity index (χ0v) is 12.2. The maximum absolute atomic E-state index is 12.8. The number of anilines is 3. The van der Waals surface area contributed by atoms with Gasteiger partial charge < -0.3 is 20.7 Å². The lowest BCUT2D eigenvalue weighted by atomic mass is 10.2. The first kappa shape index (κ1) is 16.0. The van der Waals surface area contributed by atoms with Crippen molar-refractivity contribution in [1.82, 2.24) is 19.9 Å². The normalized spacial score (nSPS) is 11.7. The van der Waals surface area contributed by atoms with E-state index in [1.807, 2.05) is 0 Å². The molecule has 0 atom stereocenters. The Hall–Kier alpha value is -2.88. The monoisotopic (exact) mass is 338 g/mol. The van der Waals surface area contributed by atoms with Crippen LogP contribution in [0.3, 0.4) is 0 Å². The van der Waals surface area contributed by atoms with Gasteiger partial charge in [0, 0.05) is 12.2 Å². The molecular weight excluding hydrogens is 325 g/mol. The Morgan fingerprint density at radius 1 is 1.21 bits per heavy atom. The number of nitrogens with one attached hydrogen (secondary N) is 3. The number of hydrogen-bond acceptors (Lipinski definition) is 6. The maximum Gasteiger partial charge on any atom is 0.416 e. The van der Waals surface area contributed by atoms with Gasteiger partial charge in [0.2, 0.25) is 5.95 Å². The van der Waals surface area contributed by atoms with E-state index in [9.17, 15) is 13.2 Å². The molecule has 3 aromatic rings. The van der Waals surface area contributed by atoms with E-state index in [-0.39, 0.29) is 30.6 Å². The minimum absolute atomic E-state index is 0.113. The van der Waals surface area contributed by atoms with Crippen molar-refractivity contribution in [3.8, 4) is 0 Å². The Balaban J connectivity index is 1.96. The Labute approximate surface area is 134 Å². The standard InChI is InChI=1S/C14H13F3N6O/c15-14(16,17)8-2-1-3-9(6-8)21-12-10-11(20-7-19-10)22-13(23-12)18-4-5-24/h1-3,6-7,24H,4-5H2,(H3,18,19,20,21,22,23). The first-order valence-corrected chi connectivity index (χ1v) is 6.97. The first-order valence-electron chi connectivity index (χ1n) is 6.97. The fraction of sp³-hybridized carbons (Fsp3) is 0.214. The summed E-state index contributed by atoms with van der Waals surface area (Å²) < 4.78 is 38.4. The second kappa shape index (κ2) is 6.32. The van der Waals surface area contributed by atoms with Crippen molar-refractivity contribution in [2.24, 2.45) is 0 Å². The lowest BCUT2D eigenvalue weighted by molar-refractivity contribution is -0.137. The molecule has 24 heavy (non-hydrogen) atoms. The Morgan fingerprint density at radius 3 is 2.79 bits per heavy atom. The highest BCUT2D eigenvalue weighted by molar-refractivity contribution is 5.86. The highest BCUT2D eigenvalue weighted by Gasteiger charge is 2.30. The number of hydrogen-bond donors (Lipinski definition) is 4. The van der Waals surface area contributed by atoms with Crippen molar-refractivity contribution >= 4 is 28.6 Å². The summed E-state index contributed by atoms with van der Waals surface area (Å²) in [5, 5.41) is 14.5. The molecule has 0 amide bonds. The molecule has 2 heterocycles. The van der Waals surface area contributed by atoms with Gasteiger partial charge >= 0.3 is 6.18 Å². The molecule has 1 aromatic carbocycles. The summed E-state index contributed by atoms with van der Waals surface area (Å²) in [5.74, 6) is 0.482. The van der Waals surface area contributed by atoms with Crippen LogP contribution >= 0.6 is 0 Å². The van der Waals surface area contributed by atoms with Gasteiger partial charge in [-0.05, 0) is 18.2 Å². The number of benzene rings is 1. The second-order valence-electron chi connectivity index (χ2n) is 4.85. The molecule has 0 aliphatic rings.